The van der Waals surface area contributed by atoms with Crippen LogP contribution in [-0.2, 0) is 11.3 Å². The van der Waals surface area contributed by atoms with Gasteiger partial charge < -0.3 is 18.9 Å². The molecule has 8 heteroatoms. The van der Waals surface area contributed by atoms with Gasteiger partial charge in [0, 0.05) is 24.7 Å². The highest BCUT2D eigenvalue weighted by Gasteiger charge is 2.28. The molecule has 29 heavy (non-hydrogen) atoms. The predicted octanol–water partition coefficient (Wildman–Crippen LogP) is 3.84. The zero-order valence-electron chi connectivity index (χ0n) is 17.1. The fourth-order valence-corrected chi connectivity index (χ4v) is 3.54. The quantitative estimate of drug-likeness (QED) is 0.272. The lowest BCUT2D eigenvalue weighted by atomic mass is 10.1. The number of carbonyl (C=O) groups is 1. The monoisotopic (exact) mass is 397 g/mol. The molecule has 0 bridgehead atoms. The molecule has 0 aliphatic heterocycles. The number of rotatable bonds is 6. The first-order valence-corrected chi connectivity index (χ1v) is 9.03. The van der Waals surface area contributed by atoms with Crippen molar-refractivity contribution in [2.45, 2.75) is 20.4 Å². The normalized spacial score (nSPS) is 11.1. The Morgan fingerprint density at radius 2 is 1.83 bits per heavy atom. The van der Waals surface area contributed by atoms with E-state index in [0.29, 0.717) is 40.2 Å². The Morgan fingerprint density at radius 3 is 2.34 bits per heavy atom. The molecule has 0 aliphatic carbocycles. The minimum atomic E-state index is -0.446. The van der Waals surface area contributed by atoms with Crippen molar-refractivity contribution in [2.24, 2.45) is 0 Å². The first-order valence-electron chi connectivity index (χ1n) is 9.03. The largest absolute Gasteiger partial charge is 0.497 e. The molecule has 0 spiro atoms. The first kappa shape index (κ1) is 20.3. The lowest BCUT2D eigenvalue weighted by molar-refractivity contribution is -0.383. The number of methoxy groups -OCH3 is 1. The molecular weight excluding hydrogens is 374 g/mol. The summed E-state index contributed by atoms with van der Waals surface area (Å²) in [5, 5.41) is 12.3. The van der Waals surface area contributed by atoms with Crippen molar-refractivity contribution in [3.8, 4) is 17.2 Å². The van der Waals surface area contributed by atoms with Gasteiger partial charge in [-0.05, 0) is 57.4 Å². The molecule has 0 radical (unpaired) electrons. The molecule has 0 atom stereocenters. The van der Waals surface area contributed by atoms with Gasteiger partial charge in [0.2, 0.25) is 0 Å². The summed E-state index contributed by atoms with van der Waals surface area (Å²) in [7, 11) is 5.35. The SMILES string of the molecule is COc1ccc(-n2c(C)c([N+](=O)[O-])c3ccc(OC(C)=O)c(CN(C)C)c32)cc1. The molecular formula is C21H23N3O5. The number of ether oxygens (including phenoxy) is 2. The van der Waals surface area contributed by atoms with Crippen molar-refractivity contribution in [1.29, 1.82) is 0 Å². The van der Waals surface area contributed by atoms with Gasteiger partial charge >= 0.3 is 5.97 Å². The van der Waals surface area contributed by atoms with Crippen molar-refractivity contribution >= 4 is 22.6 Å². The summed E-state index contributed by atoms with van der Waals surface area (Å²) in [6.07, 6.45) is 0. The van der Waals surface area contributed by atoms with Gasteiger partial charge in [0.05, 0.1) is 28.6 Å². The Kier molecular flexibility index (Phi) is 5.56. The zero-order valence-corrected chi connectivity index (χ0v) is 17.1. The lowest BCUT2D eigenvalue weighted by Crippen LogP contribution is -2.14. The minimum Gasteiger partial charge on any atom is -0.497 e. The Morgan fingerprint density at radius 1 is 1.17 bits per heavy atom. The highest BCUT2D eigenvalue weighted by Crippen LogP contribution is 2.40. The van der Waals surface area contributed by atoms with E-state index in [9.17, 15) is 14.9 Å². The van der Waals surface area contributed by atoms with Gasteiger partial charge in [0.25, 0.3) is 5.69 Å². The molecule has 0 saturated heterocycles. The Labute approximate surface area is 168 Å². The maximum absolute atomic E-state index is 11.9. The van der Waals surface area contributed by atoms with Crippen LogP contribution < -0.4 is 9.47 Å². The van der Waals surface area contributed by atoms with E-state index in [4.69, 9.17) is 9.47 Å². The summed E-state index contributed by atoms with van der Waals surface area (Å²) in [5.74, 6) is 0.630. The number of carbonyl (C=O) groups excluding carboxylic acids is 1. The smallest absolute Gasteiger partial charge is 0.308 e. The standard InChI is InChI=1S/C21H23N3O5/c1-13-20(24(26)27)17-10-11-19(29-14(2)25)18(12-22(3)4)21(17)23(13)15-6-8-16(28-5)9-7-15/h6-11H,12H2,1-5H3. The van der Waals surface area contributed by atoms with E-state index < -0.39 is 5.97 Å². The second-order valence-corrected chi connectivity index (χ2v) is 6.99. The summed E-state index contributed by atoms with van der Waals surface area (Å²) in [5.41, 5.74) is 2.63. The van der Waals surface area contributed by atoms with Crippen molar-refractivity contribution in [2.75, 3.05) is 21.2 Å². The van der Waals surface area contributed by atoms with Gasteiger partial charge in [-0.15, -0.1) is 0 Å². The van der Waals surface area contributed by atoms with Crippen molar-refractivity contribution < 1.29 is 19.2 Å². The number of nitrogens with zero attached hydrogens (tertiary/aromatic N) is 3. The van der Waals surface area contributed by atoms with Crippen LogP contribution in [0.2, 0.25) is 0 Å². The summed E-state index contributed by atoms with van der Waals surface area (Å²) in [4.78, 5) is 25.0. The molecule has 3 rings (SSSR count). The van der Waals surface area contributed by atoms with Gasteiger partial charge in [-0.3, -0.25) is 14.9 Å². The van der Waals surface area contributed by atoms with E-state index in [-0.39, 0.29) is 10.6 Å². The average Bonchev–Trinajstić information content (AvgIpc) is 2.95. The number of esters is 1. The lowest BCUT2D eigenvalue weighted by Gasteiger charge is -2.17. The van der Waals surface area contributed by atoms with E-state index in [1.807, 2.05) is 35.7 Å². The Hall–Kier alpha value is -3.39. The third kappa shape index (κ3) is 3.79. The molecule has 0 fully saturated rings. The number of hydrogen-bond donors (Lipinski definition) is 0. The van der Waals surface area contributed by atoms with Crippen LogP contribution in [-0.4, -0.2) is 41.6 Å². The minimum absolute atomic E-state index is 0.0326. The second kappa shape index (κ2) is 7.92. The van der Waals surface area contributed by atoms with E-state index in [2.05, 4.69) is 0 Å². The van der Waals surface area contributed by atoms with Crippen molar-refractivity contribution in [3.05, 3.63) is 57.8 Å². The summed E-state index contributed by atoms with van der Waals surface area (Å²) < 4.78 is 12.5. The van der Waals surface area contributed by atoms with Gasteiger partial charge in [-0.2, -0.15) is 0 Å². The fraction of sp³-hybridized carbons (Fsp3) is 0.286. The molecule has 0 saturated carbocycles. The van der Waals surface area contributed by atoms with Crippen molar-refractivity contribution in [1.82, 2.24) is 9.47 Å². The second-order valence-electron chi connectivity index (χ2n) is 6.99. The van der Waals surface area contributed by atoms with Crippen LogP contribution in [0, 0.1) is 17.0 Å². The van der Waals surface area contributed by atoms with E-state index >= 15 is 0 Å². The van der Waals surface area contributed by atoms with Crippen LogP contribution in [0.3, 0.4) is 0 Å². The van der Waals surface area contributed by atoms with Gasteiger partial charge in [0.1, 0.15) is 11.5 Å². The summed E-state index contributed by atoms with van der Waals surface area (Å²) in [6.45, 7) is 3.49. The third-order valence-electron chi connectivity index (χ3n) is 4.64. The zero-order chi connectivity index (χ0) is 21.3. The van der Waals surface area contributed by atoms with Crippen LogP contribution in [0.25, 0.3) is 16.6 Å². The number of nitro groups is 1. The van der Waals surface area contributed by atoms with E-state index in [0.717, 1.165) is 5.69 Å². The molecule has 2 aromatic carbocycles. The molecule has 8 nitrogen and oxygen atoms in total. The number of aromatic nitrogens is 1. The molecule has 1 heterocycles. The fourth-order valence-electron chi connectivity index (χ4n) is 3.54. The first-order chi connectivity index (χ1) is 13.7. The Balaban J connectivity index is 2.42. The number of hydrogen-bond acceptors (Lipinski definition) is 6. The van der Waals surface area contributed by atoms with Crippen LogP contribution >= 0.6 is 0 Å². The molecule has 0 N–H and O–H groups in total. The van der Waals surface area contributed by atoms with Crippen LogP contribution in [0.15, 0.2) is 36.4 Å². The molecule has 0 unspecified atom stereocenters. The van der Waals surface area contributed by atoms with Gasteiger partial charge in [0.15, 0.2) is 0 Å². The number of fused-ring (bicyclic) bond motifs is 1. The van der Waals surface area contributed by atoms with E-state index in [1.54, 1.807) is 38.3 Å². The predicted molar refractivity (Wildman–Crippen MR) is 110 cm³/mol. The maximum atomic E-state index is 11.9. The topological polar surface area (TPSA) is 86.8 Å². The molecule has 1 aromatic heterocycles. The summed E-state index contributed by atoms with van der Waals surface area (Å²) >= 11 is 0. The molecule has 3 aromatic rings. The third-order valence-corrected chi connectivity index (χ3v) is 4.64. The maximum Gasteiger partial charge on any atom is 0.308 e. The number of benzene rings is 2. The Bertz CT molecular complexity index is 1080. The van der Waals surface area contributed by atoms with Crippen LogP contribution in [0.5, 0.6) is 11.5 Å². The molecule has 152 valence electrons. The van der Waals surface area contributed by atoms with Gasteiger partial charge in [-0.25, -0.2) is 0 Å². The van der Waals surface area contributed by atoms with Crippen molar-refractivity contribution in [3.63, 3.8) is 0 Å². The highest BCUT2D eigenvalue weighted by molar-refractivity contribution is 5.97. The van der Waals surface area contributed by atoms with E-state index in [1.165, 1.54) is 6.92 Å². The summed E-state index contributed by atoms with van der Waals surface area (Å²) in [6, 6.07) is 10.5. The molecule has 0 aliphatic rings. The van der Waals surface area contributed by atoms with Crippen LogP contribution in [0.1, 0.15) is 18.2 Å². The highest BCUT2D eigenvalue weighted by atomic mass is 16.6. The molecule has 0 amide bonds. The van der Waals surface area contributed by atoms with Gasteiger partial charge in [-0.1, -0.05) is 0 Å². The van der Waals surface area contributed by atoms with Crippen LogP contribution in [0.4, 0.5) is 5.69 Å². The average molecular weight is 397 g/mol.